The van der Waals surface area contributed by atoms with Crippen LogP contribution in [0.25, 0.3) is 5.76 Å². The van der Waals surface area contributed by atoms with Crippen molar-refractivity contribution in [1.82, 2.24) is 0 Å². The number of rotatable bonds is 2. The maximum atomic E-state index is 10.8. The summed E-state index contributed by atoms with van der Waals surface area (Å²) in [4.78, 5) is 10.8. The fourth-order valence-electron chi connectivity index (χ4n) is 1.51. The molecule has 0 fully saturated rings. The van der Waals surface area contributed by atoms with Gasteiger partial charge in [-0.3, -0.25) is 0 Å². The van der Waals surface area contributed by atoms with Crippen LogP contribution in [0.15, 0.2) is 35.9 Å². The van der Waals surface area contributed by atoms with Gasteiger partial charge >= 0.3 is 5.97 Å². The molecule has 1 aliphatic rings. The molecule has 1 N–H and O–H groups in total. The van der Waals surface area contributed by atoms with Crippen molar-refractivity contribution in [1.29, 1.82) is 0 Å². The van der Waals surface area contributed by atoms with Gasteiger partial charge in [-0.05, 0) is 0 Å². The zero-order chi connectivity index (χ0) is 9.97. The van der Waals surface area contributed by atoms with E-state index in [0.717, 1.165) is 5.56 Å². The lowest BCUT2D eigenvalue weighted by Gasteiger charge is -2.03. The Morgan fingerprint density at radius 3 is 2.64 bits per heavy atom. The molecule has 0 unspecified atom stereocenters. The highest BCUT2D eigenvalue weighted by Crippen LogP contribution is 2.27. The maximum absolute atomic E-state index is 10.8. The molecular weight excluding hydrogens is 180 g/mol. The van der Waals surface area contributed by atoms with Gasteiger partial charge in [-0.15, -0.1) is 0 Å². The van der Waals surface area contributed by atoms with Crippen LogP contribution >= 0.6 is 0 Å². The summed E-state index contributed by atoms with van der Waals surface area (Å²) in [5.74, 6) is -0.376. The van der Waals surface area contributed by atoms with Crippen LogP contribution in [0.5, 0.6) is 0 Å². The molecular formula is C11H10O3. The van der Waals surface area contributed by atoms with Crippen LogP contribution in [0.2, 0.25) is 0 Å². The second-order valence-electron chi connectivity index (χ2n) is 3.08. The van der Waals surface area contributed by atoms with Crippen LogP contribution in [0.3, 0.4) is 0 Å². The molecule has 72 valence electrons. The Balaban J connectivity index is 2.43. The molecule has 1 aliphatic heterocycles. The summed E-state index contributed by atoms with van der Waals surface area (Å²) >= 11 is 0. The highest BCUT2D eigenvalue weighted by atomic mass is 16.5. The number of carboxylic acids is 1. The molecule has 0 saturated heterocycles. The Morgan fingerprint density at radius 2 is 2.00 bits per heavy atom. The molecule has 3 nitrogen and oxygen atoms in total. The highest BCUT2D eigenvalue weighted by Gasteiger charge is 2.22. The number of carbonyl (C=O) groups is 1. The Hall–Kier alpha value is -1.77. The van der Waals surface area contributed by atoms with Crippen molar-refractivity contribution >= 4 is 11.7 Å². The van der Waals surface area contributed by atoms with Gasteiger partial charge in [0.05, 0.1) is 12.2 Å². The number of carboxylic acid groups (broad SMARTS) is 1. The monoisotopic (exact) mass is 190 g/mol. The summed E-state index contributed by atoms with van der Waals surface area (Å²) in [6.07, 6.45) is 0.486. The van der Waals surface area contributed by atoms with E-state index < -0.39 is 5.97 Å². The van der Waals surface area contributed by atoms with Crippen molar-refractivity contribution in [2.24, 2.45) is 0 Å². The summed E-state index contributed by atoms with van der Waals surface area (Å²) < 4.78 is 5.31. The summed E-state index contributed by atoms with van der Waals surface area (Å²) in [6, 6.07) is 9.32. The maximum Gasteiger partial charge on any atom is 0.335 e. The topological polar surface area (TPSA) is 46.5 Å². The first-order chi connectivity index (χ1) is 6.79. The molecule has 1 aromatic carbocycles. The third-order valence-electron chi connectivity index (χ3n) is 2.17. The summed E-state index contributed by atoms with van der Waals surface area (Å²) in [7, 11) is 0. The molecule has 1 heterocycles. The van der Waals surface area contributed by atoms with Crippen molar-refractivity contribution in [2.75, 3.05) is 6.61 Å². The predicted molar refractivity (Wildman–Crippen MR) is 51.6 cm³/mol. The van der Waals surface area contributed by atoms with Crippen LogP contribution in [0.4, 0.5) is 0 Å². The molecule has 0 bridgehead atoms. The molecule has 1 aromatic rings. The second kappa shape index (κ2) is 3.54. The zero-order valence-corrected chi connectivity index (χ0v) is 7.56. The van der Waals surface area contributed by atoms with E-state index in [0.29, 0.717) is 24.4 Å². The molecule has 0 aliphatic carbocycles. The van der Waals surface area contributed by atoms with Gasteiger partial charge in [-0.25, -0.2) is 4.79 Å². The first-order valence-corrected chi connectivity index (χ1v) is 4.43. The number of ether oxygens (including phenoxy) is 1. The quantitative estimate of drug-likeness (QED) is 0.774. The number of benzene rings is 1. The van der Waals surface area contributed by atoms with Crippen LogP contribution in [-0.2, 0) is 9.53 Å². The third kappa shape index (κ3) is 1.48. The van der Waals surface area contributed by atoms with E-state index in [-0.39, 0.29) is 0 Å². The summed E-state index contributed by atoms with van der Waals surface area (Å²) in [6.45, 7) is 0.464. The molecule has 2 rings (SSSR count). The van der Waals surface area contributed by atoms with Gasteiger partial charge in [0.1, 0.15) is 5.76 Å². The van der Waals surface area contributed by atoms with Crippen molar-refractivity contribution in [2.45, 2.75) is 6.42 Å². The smallest absolute Gasteiger partial charge is 0.335 e. The lowest BCUT2D eigenvalue weighted by molar-refractivity contribution is -0.132. The Kier molecular flexibility index (Phi) is 2.23. The number of hydrogen-bond donors (Lipinski definition) is 1. The molecule has 0 amide bonds. The molecule has 14 heavy (non-hydrogen) atoms. The SMILES string of the molecule is O=C(O)C1=C(c2ccccc2)OCC1. The standard InChI is InChI=1S/C11H10O3/c12-11(13)9-6-7-14-10(9)8-4-2-1-3-5-8/h1-5H,6-7H2,(H,12,13). The fourth-order valence-corrected chi connectivity index (χ4v) is 1.51. The molecule has 3 heteroatoms. The average molecular weight is 190 g/mol. The fraction of sp³-hybridized carbons (Fsp3) is 0.182. The summed E-state index contributed by atoms with van der Waals surface area (Å²) in [5.41, 5.74) is 1.21. The molecule has 0 spiro atoms. The first-order valence-electron chi connectivity index (χ1n) is 4.43. The van der Waals surface area contributed by atoms with E-state index in [2.05, 4.69) is 0 Å². The third-order valence-corrected chi connectivity index (χ3v) is 2.17. The molecule has 0 aromatic heterocycles. The van der Waals surface area contributed by atoms with Crippen molar-refractivity contribution < 1.29 is 14.6 Å². The van der Waals surface area contributed by atoms with Crippen LogP contribution in [-0.4, -0.2) is 17.7 Å². The number of hydrogen-bond acceptors (Lipinski definition) is 2. The van der Waals surface area contributed by atoms with Gasteiger partial charge in [-0.1, -0.05) is 30.3 Å². The minimum atomic E-state index is -0.888. The minimum Gasteiger partial charge on any atom is -0.492 e. The predicted octanol–water partition coefficient (Wildman–Crippen LogP) is 1.90. The van der Waals surface area contributed by atoms with Crippen LogP contribution in [0, 0.1) is 0 Å². The minimum absolute atomic E-state index is 0.371. The van der Waals surface area contributed by atoms with E-state index >= 15 is 0 Å². The normalized spacial score (nSPS) is 15.4. The molecule has 0 radical (unpaired) electrons. The largest absolute Gasteiger partial charge is 0.492 e. The van der Waals surface area contributed by atoms with Gasteiger partial charge in [0.25, 0.3) is 0 Å². The summed E-state index contributed by atoms with van der Waals surface area (Å²) in [5, 5.41) is 8.91. The Labute approximate surface area is 81.6 Å². The van der Waals surface area contributed by atoms with Gasteiger partial charge in [0.15, 0.2) is 0 Å². The van der Waals surface area contributed by atoms with Gasteiger partial charge < -0.3 is 9.84 Å². The highest BCUT2D eigenvalue weighted by molar-refractivity contribution is 5.95. The van der Waals surface area contributed by atoms with E-state index in [1.54, 1.807) is 0 Å². The van der Waals surface area contributed by atoms with E-state index in [1.807, 2.05) is 30.3 Å². The Bertz CT molecular complexity index is 379. The Morgan fingerprint density at radius 1 is 1.29 bits per heavy atom. The van der Waals surface area contributed by atoms with Gasteiger partial charge in [0, 0.05) is 12.0 Å². The van der Waals surface area contributed by atoms with Crippen molar-refractivity contribution in [3.63, 3.8) is 0 Å². The molecule has 0 saturated carbocycles. The molecule has 0 atom stereocenters. The lowest BCUT2D eigenvalue weighted by Crippen LogP contribution is -1.99. The zero-order valence-electron chi connectivity index (χ0n) is 7.56. The van der Waals surface area contributed by atoms with Crippen molar-refractivity contribution in [3.8, 4) is 0 Å². The van der Waals surface area contributed by atoms with E-state index in [4.69, 9.17) is 9.84 Å². The second-order valence-corrected chi connectivity index (χ2v) is 3.08. The first kappa shape index (κ1) is 8.81. The van der Waals surface area contributed by atoms with Crippen molar-refractivity contribution in [3.05, 3.63) is 41.5 Å². The number of aliphatic carboxylic acids is 1. The van der Waals surface area contributed by atoms with Crippen LogP contribution in [0.1, 0.15) is 12.0 Å². The lowest BCUT2D eigenvalue weighted by atomic mass is 10.1. The van der Waals surface area contributed by atoms with Gasteiger partial charge in [0.2, 0.25) is 0 Å². The van der Waals surface area contributed by atoms with Crippen LogP contribution < -0.4 is 0 Å². The van der Waals surface area contributed by atoms with E-state index in [9.17, 15) is 4.79 Å². The van der Waals surface area contributed by atoms with Gasteiger partial charge in [-0.2, -0.15) is 0 Å². The average Bonchev–Trinajstić information content (AvgIpc) is 2.67. The van der Waals surface area contributed by atoms with E-state index in [1.165, 1.54) is 0 Å².